The standard InChI is InChI=1S/C16H17FN2/c17-13-3-7-15(8-4-13)19-16-6-2-11-9-14(18)5-1-12(11)10-16/h2-4,6-8,10,14,19H,1,5,9,18H2. The van der Waals surface area contributed by atoms with Crippen molar-refractivity contribution in [3.8, 4) is 0 Å². The lowest BCUT2D eigenvalue weighted by molar-refractivity contribution is 0.577. The molecule has 0 heterocycles. The van der Waals surface area contributed by atoms with Gasteiger partial charge in [0, 0.05) is 17.4 Å². The monoisotopic (exact) mass is 256 g/mol. The highest BCUT2D eigenvalue weighted by Crippen LogP contribution is 2.25. The number of nitrogens with two attached hydrogens (primary N) is 1. The lowest BCUT2D eigenvalue weighted by Crippen LogP contribution is -2.27. The summed E-state index contributed by atoms with van der Waals surface area (Å²) in [5, 5.41) is 3.29. The predicted octanol–water partition coefficient (Wildman–Crippen LogP) is 3.39. The third-order valence-corrected chi connectivity index (χ3v) is 3.61. The molecule has 1 unspecified atom stereocenters. The van der Waals surface area contributed by atoms with Crippen LogP contribution in [0.25, 0.3) is 0 Å². The van der Waals surface area contributed by atoms with E-state index in [1.54, 1.807) is 12.1 Å². The van der Waals surface area contributed by atoms with Gasteiger partial charge in [0.2, 0.25) is 0 Å². The molecule has 0 aliphatic heterocycles. The van der Waals surface area contributed by atoms with E-state index in [1.165, 1.54) is 23.3 Å². The number of halogens is 1. The van der Waals surface area contributed by atoms with Crippen molar-refractivity contribution in [1.29, 1.82) is 0 Å². The molecule has 0 saturated heterocycles. The predicted molar refractivity (Wildman–Crippen MR) is 76.1 cm³/mol. The summed E-state index contributed by atoms with van der Waals surface area (Å²) in [7, 11) is 0. The van der Waals surface area contributed by atoms with Crippen LogP contribution in [0.3, 0.4) is 0 Å². The summed E-state index contributed by atoms with van der Waals surface area (Å²) in [6.07, 6.45) is 3.05. The molecule has 0 bridgehead atoms. The topological polar surface area (TPSA) is 38.0 Å². The van der Waals surface area contributed by atoms with Crippen LogP contribution < -0.4 is 11.1 Å². The molecule has 3 heteroatoms. The van der Waals surface area contributed by atoms with Crippen molar-refractivity contribution >= 4 is 11.4 Å². The van der Waals surface area contributed by atoms with Crippen LogP contribution >= 0.6 is 0 Å². The second kappa shape index (κ2) is 5.02. The summed E-state index contributed by atoms with van der Waals surface area (Å²) in [5.74, 6) is -0.218. The van der Waals surface area contributed by atoms with Gasteiger partial charge in [-0.25, -0.2) is 4.39 Å². The Labute approximate surface area is 112 Å². The van der Waals surface area contributed by atoms with Gasteiger partial charge >= 0.3 is 0 Å². The average molecular weight is 256 g/mol. The number of rotatable bonds is 2. The molecule has 0 aromatic heterocycles. The lowest BCUT2D eigenvalue weighted by Gasteiger charge is -2.22. The van der Waals surface area contributed by atoms with Crippen LogP contribution in [0.4, 0.5) is 15.8 Å². The lowest BCUT2D eigenvalue weighted by atomic mass is 9.88. The van der Waals surface area contributed by atoms with E-state index < -0.39 is 0 Å². The summed E-state index contributed by atoms with van der Waals surface area (Å²) in [6, 6.07) is 13.1. The fourth-order valence-corrected chi connectivity index (χ4v) is 2.56. The molecular weight excluding hydrogens is 239 g/mol. The minimum atomic E-state index is -0.218. The van der Waals surface area contributed by atoms with E-state index in [9.17, 15) is 4.39 Å². The number of nitrogens with one attached hydrogen (secondary N) is 1. The molecule has 0 spiro atoms. The van der Waals surface area contributed by atoms with Crippen molar-refractivity contribution in [3.05, 3.63) is 59.4 Å². The molecule has 3 rings (SSSR count). The Morgan fingerprint density at radius 1 is 1.00 bits per heavy atom. The number of anilines is 2. The Hall–Kier alpha value is -1.87. The first-order chi connectivity index (χ1) is 9.20. The Morgan fingerprint density at radius 2 is 1.74 bits per heavy atom. The van der Waals surface area contributed by atoms with Gasteiger partial charge in [-0.05, 0) is 66.8 Å². The van der Waals surface area contributed by atoms with Gasteiger partial charge in [0.05, 0.1) is 0 Å². The van der Waals surface area contributed by atoms with E-state index in [0.29, 0.717) is 6.04 Å². The van der Waals surface area contributed by atoms with Crippen LogP contribution in [0, 0.1) is 5.82 Å². The van der Waals surface area contributed by atoms with E-state index in [-0.39, 0.29) is 5.82 Å². The highest BCUT2D eigenvalue weighted by atomic mass is 19.1. The molecule has 3 N–H and O–H groups in total. The minimum absolute atomic E-state index is 0.218. The van der Waals surface area contributed by atoms with Gasteiger partial charge in [-0.1, -0.05) is 6.07 Å². The SMILES string of the molecule is NC1CCc2cc(Nc3ccc(F)cc3)ccc2C1. The van der Waals surface area contributed by atoms with Crippen molar-refractivity contribution in [2.45, 2.75) is 25.3 Å². The van der Waals surface area contributed by atoms with Crippen LogP contribution in [0.1, 0.15) is 17.5 Å². The van der Waals surface area contributed by atoms with Crippen LogP contribution in [-0.2, 0) is 12.8 Å². The Balaban J connectivity index is 1.80. The van der Waals surface area contributed by atoms with Gasteiger partial charge in [-0.15, -0.1) is 0 Å². The minimum Gasteiger partial charge on any atom is -0.356 e. The van der Waals surface area contributed by atoms with Gasteiger partial charge in [-0.3, -0.25) is 0 Å². The van der Waals surface area contributed by atoms with E-state index >= 15 is 0 Å². The van der Waals surface area contributed by atoms with Gasteiger partial charge in [0.1, 0.15) is 5.82 Å². The van der Waals surface area contributed by atoms with Crippen molar-refractivity contribution in [2.75, 3.05) is 5.32 Å². The fourth-order valence-electron chi connectivity index (χ4n) is 2.56. The number of hydrogen-bond donors (Lipinski definition) is 2. The smallest absolute Gasteiger partial charge is 0.123 e. The average Bonchev–Trinajstić information content (AvgIpc) is 2.42. The first-order valence-corrected chi connectivity index (χ1v) is 6.61. The maximum Gasteiger partial charge on any atom is 0.123 e. The fraction of sp³-hybridized carbons (Fsp3) is 0.250. The maximum absolute atomic E-state index is 12.8. The molecule has 2 aromatic carbocycles. The van der Waals surface area contributed by atoms with Gasteiger partial charge in [0.15, 0.2) is 0 Å². The number of benzene rings is 2. The first kappa shape index (κ1) is 12.2. The molecular formula is C16H17FN2. The second-order valence-electron chi connectivity index (χ2n) is 5.12. The molecule has 0 fully saturated rings. The zero-order chi connectivity index (χ0) is 13.2. The van der Waals surface area contributed by atoms with Gasteiger partial charge < -0.3 is 11.1 Å². The van der Waals surface area contributed by atoms with Crippen LogP contribution in [0.5, 0.6) is 0 Å². The Morgan fingerprint density at radius 3 is 2.53 bits per heavy atom. The van der Waals surface area contributed by atoms with Crippen molar-refractivity contribution in [3.63, 3.8) is 0 Å². The molecule has 1 atom stereocenters. The van der Waals surface area contributed by atoms with Crippen molar-refractivity contribution in [2.24, 2.45) is 5.73 Å². The summed E-state index contributed by atoms with van der Waals surface area (Å²) in [5.41, 5.74) is 10.6. The van der Waals surface area contributed by atoms with Crippen molar-refractivity contribution < 1.29 is 4.39 Å². The third kappa shape index (κ3) is 2.76. The zero-order valence-corrected chi connectivity index (χ0v) is 10.7. The summed E-state index contributed by atoms with van der Waals surface area (Å²) in [4.78, 5) is 0. The molecule has 2 nitrogen and oxygen atoms in total. The Kier molecular flexibility index (Phi) is 3.22. The molecule has 0 saturated carbocycles. The van der Waals surface area contributed by atoms with Crippen molar-refractivity contribution in [1.82, 2.24) is 0 Å². The third-order valence-electron chi connectivity index (χ3n) is 3.61. The number of aryl methyl sites for hydroxylation is 1. The molecule has 1 aliphatic rings. The number of fused-ring (bicyclic) bond motifs is 1. The zero-order valence-electron chi connectivity index (χ0n) is 10.7. The Bertz CT molecular complexity index is 578. The normalized spacial score (nSPS) is 17.9. The quantitative estimate of drug-likeness (QED) is 0.864. The van der Waals surface area contributed by atoms with Crippen LogP contribution in [0.2, 0.25) is 0 Å². The summed E-state index contributed by atoms with van der Waals surface area (Å²) in [6.45, 7) is 0. The molecule has 1 aliphatic carbocycles. The molecule has 0 amide bonds. The molecule has 0 radical (unpaired) electrons. The molecule has 2 aromatic rings. The highest BCUT2D eigenvalue weighted by molar-refractivity contribution is 5.61. The first-order valence-electron chi connectivity index (χ1n) is 6.61. The van der Waals surface area contributed by atoms with Crippen LogP contribution in [0.15, 0.2) is 42.5 Å². The summed E-state index contributed by atoms with van der Waals surface area (Å²) < 4.78 is 12.8. The molecule has 19 heavy (non-hydrogen) atoms. The van der Waals surface area contributed by atoms with E-state index in [4.69, 9.17) is 5.73 Å². The maximum atomic E-state index is 12.8. The second-order valence-corrected chi connectivity index (χ2v) is 5.12. The largest absolute Gasteiger partial charge is 0.356 e. The molecule has 98 valence electrons. The van der Waals surface area contributed by atoms with E-state index in [0.717, 1.165) is 30.6 Å². The highest BCUT2D eigenvalue weighted by Gasteiger charge is 2.15. The van der Waals surface area contributed by atoms with Gasteiger partial charge in [-0.2, -0.15) is 0 Å². The summed E-state index contributed by atoms with van der Waals surface area (Å²) >= 11 is 0. The van der Waals surface area contributed by atoms with E-state index in [1.807, 2.05) is 0 Å². The van der Waals surface area contributed by atoms with Gasteiger partial charge in [0.25, 0.3) is 0 Å². The van der Waals surface area contributed by atoms with Crippen LogP contribution in [-0.4, -0.2) is 6.04 Å². The number of hydrogen-bond acceptors (Lipinski definition) is 2. The van der Waals surface area contributed by atoms with E-state index in [2.05, 4.69) is 23.5 Å².